The van der Waals surface area contributed by atoms with Crippen molar-refractivity contribution in [1.82, 2.24) is 67.8 Å². The first-order chi connectivity index (χ1) is 55.6. The van der Waals surface area contributed by atoms with Gasteiger partial charge in [-0.2, -0.15) is 0 Å². The molecule has 4 fully saturated rings. The van der Waals surface area contributed by atoms with Gasteiger partial charge in [-0.15, -0.1) is 34.0 Å². The number of aryl methyl sites for hydroxylation is 2. The molecule has 113 heavy (non-hydrogen) atoms. The van der Waals surface area contributed by atoms with E-state index in [9.17, 15) is 19.2 Å². The number of aromatic nitrogens is 10. The van der Waals surface area contributed by atoms with Crippen LogP contribution in [0.3, 0.4) is 0 Å². The summed E-state index contributed by atoms with van der Waals surface area (Å²) in [5.74, 6) is 4.53. The highest BCUT2D eigenvalue weighted by Gasteiger charge is 2.29. The van der Waals surface area contributed by atoms with Gasteiger partial charge in [0.15, 0.2) is 23.1 Å². The van der Waals surface area contributed by atoms with Crippen molar-refractivity contribution in [1.29, 1.82) is 0 Å². The predicted molar refractivity (Wildman–Crippen MR) is 456 cm³/mol. The van der Waals surface area contributed by atoms with E-state index in [1.165, 1.54) is 54.4 Å². The number of hydrogen-bond acceptors (Lipinski definition) is 21. The van der Waals surface area contributed by atoms with Gasteiger partial charge in [0, 0.05) is 261 Å². The Labute approximate surface area is 677 Å². The summed E-state index contributed by atoms with van der Waals surface area (Å²) >= 11 is 11.6. The van der Waals surface area contributed by atoms with Gasteiger partial charge in [-0.3, -0.25) is 38.8 Å². The van der Waals surface area contributed by atoms with E-state index in [0.29, 0.717) is 42.4 Å². The zero-order valence-electron chi connectivity index (χ0n) is 64.6. The molecule has 26 heteroatoms. The minimum Gasteiger partial charge on any atom is -0.368 e. The molecule has 0 spiro atoms. The molecule has 22 nitrogen and oxygen atoms in total. The number of benzene rings is 2. The molecule has 20 rings (SSSR count). The number of Topliss-reactive ketones (excluding diaryl/α,β-unsaturated/α-hetero) is 4. The number of nitrogens with zero attached hydrogens (tertiary/aromatic N) is 18. The molecule has 4 aliphatic carbocycles. The Hall–Kier alpha value is -9.05. The molecular formula is C87H101ClN18O4S3. The third kappa shape index (κ3) is 17.3. The van der Waals surface area contributed by atoms with Gasteiger partial charge in [-0.25, -0.2) is 29.9 Å². The lowest BCUT2D eigenvalue weighted by atomic mass is 9.97. The van der Waals surface area contributed by atoms with Crippen molar-refractivity contribution < 1.29 is 19.2 Å². The Kier molecular flexibility index (Phi) is 24.2. The Morgan fingerprint density at radius 1 is 0.310 bits per heavy atom. The topological polar surface area (TPSA) is 191 Å². The number of anilines is 4. The van der Waals surface area contributed by atoms with Crippen LogP contribution in [-0.4, -0.2) is 222 Å². The SMILES string of the molecule is O=C1CCCc2c1ccn2CCCCN1CCN(c2ncnc3ccsc23)CC1.O=C1CCCc2c1ccn2CCCN1CCN(c2ncnc3ccsc23)CC1.O=C1CCCc2c1ccn2CCN1CCN(c2ccc(Cl)c3ccccc23)CC1.O=C1CCCc2c1ccn2CCN1CCN(c2ncnc3ccsc23)CC1. The summed E-state index contributed by atoms with van der Waals surface area (Å²) in [6, 6.07) is 26.8. The molecule has 588 valence electrons. The number of unbranched alkanes of at least 4 members (excludes halogenated alkanes) is 1. The zero-order chi connectivity index (χ0) is 76.6. The third-order valence-corrected chi connectivity index (χ3v) is 27.4. The highest BCUT2D eigenvalue weighted by molar-refractivity contribution is 7.18. The van der Waals surface area contributed by atoms with E-state index in [2.05, 4.69) is 171 Å². The maximum atomic E-state index is 12.1. The van der Waals surface area contributed by atoms with Crippen molar-refractivity contribution in [2.75, 3.05) is 150 Å². The minimum atomic E-state index is 0.313. The molecule has 4 saturated heterocycles. The maximum Gasteiger partial charge on any atom is 0.164 e. The summed E-state index contributed by atoms with van der Waals surface area (Å²) in [4.78, 5) is 94.6. The molecule has 10 aromatic heterocycles. The van der Waals surface area contributed by atoms with Crippen LogP contribution in [0.25, 0.3) is 41.4 Å². The van der Waals surface area contributed by atoms with Crippen molar-refractivity contribution in [3.63, 3.8) is 0 Å². The van der Waals surface area contributed by atoms with E-state index < -0.39 is 0 Å². The number of piperazine rings is 4. The van der Waals surface area contributed by atoms with Crippen molar-refractivity contribution in [3.05, 3.63) is 189 Å². The molecule has 0 atom stereocenters. The average molecular weight is 1590 g/mol. The van der Waals surface area contributed by atoms with E-state index in [0.717, 1.165) is 294 Å². The number of ketones is 4. The molecule has 2 aromatic carbocycles. The Balaban J connectivity index is 0.000000109. The van der Waals surface area contributed by atoms with Crippen LogP contribution >= 0.6 is 45.6 Å². The second kappa shape index (κ2) is 35.8. The maximum absolute atomic E-state index is 12.1. The van der Waals surface area contributed by atoms with Gasteiger partial charge in [0.1, 0.15) is 36.4 Å². The number of rotatable bonds is 19. The lowest BCUT2D eigenvalue weighted by Crippen LogP contribution is -2.47. The summed E-state index contributed by atoms with van der Waals surface area (Å²) < 4.78 is 12.8. The van der Waals surface area contributed by atoms with Gasteiger partial charge in [-0.1, -0.05) is 35.9 Å². The monoisotopic (exact) mass is 1590 g/mol. The molecule has 0 amide bonds. The van der Waals surface area contributed by atoms with E-state index in [-0.39, 0.29) is 0 Å². The van der Waals surface area contributed by atoms with Crippen LogP contribution in [0.1, 0.15) is 135 Å². The van der Waals surface area contributed by atoms with Crippen molar-refractivity contribution in [2.24, 2.45) is 0 Å². The van der Waals surface area contributed by atoms with Gasteiger partial charge < -0.3 is 37.9 Å². The molecule has 8 aliphatic rings. The van der Waals surface area contributed by atoms with Gasteiger partial charge in [0.25, 0.3) is 0 Å². The minimum absolute atomic E-state index is 0.313. The van der Waals surface area contributed by atoms with Crippen molar-refractivity contribution >= 4 is 133 Å². The van der Waals surface area contributed by atoms with Gasteiger partial charge >= 0.3 is 0 Å². The lowest BCUT2D eigenvalue weighted by Gasteiger charge is -2.37. The van der Waals surface area contributed by atoms with Crippen LogP contribution in [0, 0.1) is 0 Å². The van der Waals surface area contributed by atoms with Crippen molar-refractivity contribution in [2.45, 2.75) is 122 Å². The van der Waals surface area contributed by atoms with Crippen LogP contribution in [0.2, 0.25) is 5.02 Å². The van der Waals surface area contributed by atoms with E-state index in [1.54, 1.807) is 53.0 Å². The summed E-state index contributed by atoms with van der Waals surface area (Å²) in [7, 11) is 0. The summed E-state index contributed by atoms with van der Waals surface area (Å²) in [5, 5.41) is 9.44. The highest BCUT2D eigenvalue weighted by Crippen LogP contribution is 2.36. The predicted octanol–water partition coefficient (Wildman–Crippen LogP) is 14.3. The van der Waals surface area contributed by atoms with E-state index in [4.69, 9.17) is 11.6 Å². The molecule has 4 aliphatic heterocycles. The van der Waals surface area contributed by atoms with Crippen LogP contribution in [0.15, 0.2) is 139 Å². The summed E-state index contributed by atoms with van der Waals surface area (Å²) in [5.41, 5.74) is 13.3. The second-order valence-corrected chi connectivity index (χ2v) is 34.2. The number of fused-ring (bicyclic) bond motifs is 8. The van der Waals surface area contributed by atoms with Crippen LogP contribution in [0.4, 0.5) is 23.1 Å². The number of halogens is 1. The average Bonchev–Trinajstić information content (AvgIpc) is 1.79. The molecular weight excluding hydrogens is 1490 g/mol. The normalized spacial score (nSPS) is 17.9. The van der Waals surface area contributed by atoms with Gasteiger partial charge in [-0.05, 0) is 154 Å². The largest absolute Gasteiger partial charge is 0.368 e. The fraction of sp³-hybridized carbons (Fsp3) is 0.448. The molecule has 12 aromatic rings. The molecule has 0 saturated carbocycles. The summed E-state index contributed by atoms with van der Waals surface area (Å²) in [6.07, 6.45) is 27.9. The van der Waals surface area contributed by atoms with Gasteiger partial charge in [0.05, 0.1) is 30.6 Å². The number of carbonyl (C=O) groups excluding carboxylic acids is 4. The molecule has 0 N–H and O–H groups in total. The fourth-order valence-corrected chi connectivity index (χ4v) is 20.9. The summed E-state index contributed by atoms with van der Waals surface area (Å²) in [6.45, 7) is 24.9. The Morgan fingerprint density at radius 2 is 0.637 bits per heavy atom. The molecule has 0 unspecified atom stereocenters. The van der Waals surface area contributed by atoms with Crippen LogP contribution in [-0.2, 0) is 51.9 Å². The first-order valence-corrected chi connectivity index (χ1v) is 44.1. The van der Waals surface area contributed by atoms with Crippen LogP contribution in [0.5, 0.6) is 0 Å². The Morgan fingerprint density at radius 3 is 1.03 bits per heavy atom. The highest BCUT2D eigenvalue weighted by atomic mass is 35.5. The zero-order valence-corrected chi connectivity index (χ0v) is 67.8. The first-order valence-electron chi connectivity index (χ1n) is 41.0. The molecule has 14 heterocycles. The van der Waals surface area contributed by atoms with Crippen LogP contribution < -0.4 is 19.6 Å². The number of thiophene rings is 3. The van der Waals surface area contributed by atoms with Crippen molar-refractivity contribution in [3.8, 4) is 0 Å². The second-order valence-electron chi connectivity index (χ2n) is 31.1. The van der Waals surface area contributed by atoms with Gasteiger partial charge in [0.2, 0.25) is 0 Å². The fourth-order valence-electron chi connectivity index (χ4n) is 18.1. The lowest BCUT2D eigenvalue weighted by molar-refractivity contribution is 0.0963. The number of carbonyl (C=O) groups is 4. The van der Waals surface area contributed by atoms with E-state index in [1.807, 2.05) is 36.4 Å². The third-order valence-electron chi connectivity index (χ3n) is 24.3. The molecule has 0 bridgehead atoms. The standard InChI is InChI=1S/C24H26ClN3O.C22H27N5OS.C21H25N5OS.C20H23N5OS/c25-21-8-9-23(19-5-2-1-4-18(19)21)28-16-13-26(14-17-28)12-15-27-11-10-20-22(27)6-3-7-24(20)29;28-20-5-3-4-19-17(20)6-10-26(19)9-2-1-8-25-11-13-27(14-12-25)22-21-18(7-15-29-21)23-16-24-22;27-19-4-1-3-18-16(19)5-9-25(18)8-2-7-24-10-12-26(13-11-24)21-20-17(6-14-28-20)22-15-23-21;26-18-3-1-2-17-15(18)4-6-24(17)10-7-23-8-11-25(12-9-23)20-19-16(5-13-27-19)21-14-22-20/h1-2,4-5,8-11H,3,6-7,12-17H2;6-7,10,15-16H,1-5,8-9,11-14H2;5-6,9,14-15H,1-4,7-8,10-13H2;4-6,13-14H,1-3,7-12H2. The molecule has 0 radical (unpaired) electrons. The smallest absolute Gasteiger partial charge is 0.164 e. The Bertz CT molecular complexity index is 5310. The first kappa shape index (κ1) is 76.6. The van der Waals surface area contributed by atoms with E-state index >= 15 is 0 Å². The number of hydrogen-bond donors (Lipinski definition) is 0. The quantitative estimate of drug-likeness (QED) is 0.0694.